The van der Waals surface area contributed by atoms with Gasteiger partial charge in [-0.05, 0) is 46.0 Å². The average Bonchev–Trinajstić information content (AvgIpc) is 2.64. The van der Waals surface area contributed by atoms with Crippen LogP contribution in [0.15, 0.2) is 66.7 Å². The Hall–Kier alpha value is -3.14. The molecule has 2 N–H and O–H groups in total. The summed E-state index contributed by atoms with van der Waals surface area (Å²) in [5.41, 5.74) is 7.10. The molecule has 3 rings (SSSR count). The summed E-state index contributed by atoms with van der Waals surface area (Å²) in [7, 11) is 0. The lowest BCUT2D eigenvalue weighted by Gasteiger charge is -2.19. The largest absolute Gasteiger partial charge is 0.269 e. The van der Waals surface area contributed by atoms with Crippen LogP contribution < -0.4 is 10.9 Å². The molecule has 0 bridgehead atoms. The summed E-state index contributed by atoms with van der Waals surface area (Å²) in [6, 6.07) is 20.6. The molecule has 3 aromatic carbocycles. The summed E-state index contributed by atoms with van der Waals surface area (Å²) in [4.78, 5) is 24.5. The maximum Gasteiger partial charge on any atom is 0.269 e. The van der Waals surface area contributed by atoms with Crippen LogP contribution in [0.2, 0.25) is 0 Å². The smallest absolute Gasteiger partial charge is 0.267 e. The molecule has 0 atom stereocenters. The number of amides is 2. The van der Waals surface area contributed by atoms with Crippen LogP contribution in [0.5, 0.6) is 0 Å². The number of hydrogen-bond acceptors (Lipinski definition) is 2. The normalized spacial score (nSPS) is 11.2. The Morgan fingerprint density at radius 2 is 1.23 bits per heavy atom. The molecule has 4 nitrogen and oxygen atoms in total. The first-order chi connectivity index (χ1) is 12.3. The second kappa shape index (κ2) is 7.00. The lowest BCUT2D eigenvalue weighted by atomic mass is 9.87. The predicted octanol–water partition coefficient (Wildman–Crippen LogP) is 4.21. The van der Waals surface area contributed by atoms with Crippen molar-refractivity contribution >= 4 is 22.6 Å². The third kappa shape index (κ3) is 3.91. The van der Waals surface area contributed by atoms with E-state index in [2.05, 4.69) is 31.6 Å². The zero-order chi connectivity index (χ0) is 18.7. The van der Waals surface area contributed by atoms with Crippen molar-refractivity contribution in [3.8, 4) is 0 Å². The van der Waals surface area contributed by atoms with Crippen LogP contribution in [0.1, 0.15) is 47.1 Å². The monoisotopic (exact) mass is 346 g/mol. The minimum absolute atomic E-state index is 0.0271. The van der Waals surface area contributed by atoms with Gasteiger partial charge in [-0.25, -0.2) is 0 Å². The van der Waals surface area contributed by atoms with E-state index in [9.17, 15) is 9.59 Å². The van der Waals surface area contributed by atoms with E-state index >= 15 is 0 Å². The summed E-state index contributed by atoms with van der Waals surface area (Å²) < 4.78 is 0. The number of hydrazine groups is 1. The first-order valence-electron chi connectivity index (χ1n) is 8.54. The first-order valence-corrected chi connectivity index (χ1v) is 8.54. The van der Waals surface area contributed by atoms with Crippen LogP contribution in [-0.2, 0) is 5.41 Å². The highest BCUT2D eigenvalue weighted by Crippen LogP contribution is 2.22. The van der Waals surface area contributed by atoms with Crippen LogP contribution in [-0.4, -0.2) is 11.8 Å². The predicted molar refractivity (Wildman–Crippen MR) is 104 cm³/mol. The van der Waals surface area contributed by atoms with Crippen molar-refractivity contribution in [3.05, 3.63) is 83.4 Å². The van der Waals surface area contributed by atoms with Gasteiger partial charge in [-0.3, -0.25) is 20.4 Å². The van der Waals surface area contributed by atoms with Gasteiger partial charge in [0.1, 0.15) is 0 Å². The van der Waals surface area contributed by atoms with E-state index in [0.717, 1.165) is 16.3 Å². The molecule has 0 heterocycles. The standard InChI is InChI=1S/C22H22N2O2/c1-22(2,3)19-12-10-16(11-13-19)20(25)23-24-21(26)18-9-8-15-6-4-5-7-17(15)14-18/h4-14H,1-3H3,(H,23,25)(H,24,26). The molecule has 0 aliphatic heterocycles. The number of rotatable bonds is 2. The fraction of sp³-hybridized carbons (Fsp3) is 0.182. The average molecular weight is 346 g/mol. The number of carbonyl (C=O) groups excluding carboxylic acids is 2. The summed E-state index contributed by atoms with van der Waals surface area (Å²) in [5.74, 6) is -0.699. The number of hydrogen-bond donors (Lipinski definition) is 2. The van der Waals surface area contributed by atoms with Crippen molar-refractivity contribution in [1.82, 2.24) is 10.9 Å². The van der Waals surface area contributed by atoms with Gasteiger partial charge in [0.15, 0.2) is 0 Å². The Kier molecular flexibility index (Phi) is 4.76. The van der Waals surface area contributed by atoms with Crippen LogP contribution in [0, 0.1) is 0 Å². The minimum atomic E-state index is -0.351. The molecule has 2 amide bonds. The van der Waals surface area contributed by atoms with Gasteiger partial charge < -0.3 is 0 Å². The van der Waals surface area contributed by atoms with Crippen LogP contribution >= 0.6 is 0 Å². The van der Waals surface area contributed by atoms with Crippen molar-refractivity contribution in [1.29, 1.82) is 0 Å². The van der Waals surface area contributed by atoms with E-state index in [1.165, 1.54) is 0 Å². The highest BCUT2D eigenvalue weighted by molar-refractivity contribution is 6.01. The van der Waals surface area contributed by atoms with Crippen molar-refractivity contribution < 1.29 is 9.59 Å². The SMILES string of the molecule is CC(C)(C)c1ccc(C(=O)NNC(=O)c2ccc3ccccc3c2)cc1. The summed E-state index contributed by atoms with van der Waals surface area (Å²) in [5, 5.41) is 2.04. The number of benzene rings is 3. The van der Waals surface area contributed by atoms with Gasteiger partial charge >= 0.3 is 0 Å². The molecule has 132 valence electrons. The fourth-order valence-electron chi connectivity index (χ4n) is 2.71. The van der Waals surface area contributed by atoms with Crippen LogP contribution in [0.25, 0.3) is 10.8 Å². The van der Waals surface area contributed by atoms with Gasteiger partial charge in [-0.1, -0.05) is 63.2 Å². The third-order valence-corrected chi connectivity index (χ3v) is 4.31. The molecule has 0 aromatic heterocycles. The highest BCUT2D eigenvalue weighted by atomic mass is 16.2. The maximum absolute atomic E-state index is 12.3. The van der Waals surface area contributed by atoms with Crippen molar-refractivity contribution in [2.45, 2.75) is 26.2 Å². The van der Waals surface area contributed by atoms with Gasteiger partial charge in [0.25, 0.3) is 11.8 Å². The van der Waals surface area contributed by atoms with E-state index < -0.39 is 0 Å². The quantitative estimate of drug-likeness (QED) is 0.683. The molecule has 3 aromatic rings. The summed E-state index contributed by atoms with van der Waals surface area (Å²) >= 11 is 0. The van der Waals surface area contributed by atoms with Crippen molar-refractivity contribution in [3.63, 3.8) is 0 Å². The Labute approximate surface area is 153 Å². The summed E-state index contributed by atoms with van der Waals surface area (Å²) in [6.07, 6.45) is 0. The van der Waals surface area contributed by atoms with Gasteiger partial charge in [0.05, 0.1) is 0 Å². The van der Waals surface area contributed by atoms with Gasteiger partial charge in [-0.2, -0.15) is 0 Å². The summed E-state index contributed by atoms with van der Waals surface area (Å²) in [6.45, 7) is 6.35. The number of carbonyl (C=O) groups is 2. The Bertz CT molecular complexity index is 954. The lowest BCUT2D eigenvalue weighted by Crippen LogP contribution is -2.41. The molecule has 0 unspecified atom stereocenters. The van der Waals surface area contributed by atoms with Gasteiger partial charge in [-0.15, -0.1) is 0 Å². The fourth-order valence-corrected chi connectivity index (χ4v) is 2.71. The van der Waals surface area contributed by atoms with Gasteiger partial charge in [0.2, 0.25) is 0 Å². The first kappa shape index (κ1) is 17.7. The van der Waals surface area contributed by atoms with E-state index in [1.807, 2.05) is 42.5 Å². The molecule has 0 spiro atoms. The molecule has 4 heteroatoms. The second-order valence-electron chi connectivity index (χ2n) is 7.30. The van der Waals surface area contributed by atoms with E-state index in [-0.39, 0.29) is 17.2 Å². The molecular formula is C22H22N2O2. The lowest BCUT2D eigenvalue weighted by molar-refractivity contribution is 0.0847. The second-order valence-corrected chi connectivity index (χ2v) is 7.30. The molecule has 0 aliphatic rings. The Morgan fingerprint density at radius 3 is 1.85 bits per heavy atom. The highest BCUT2D eigenvalue weighted by Gasteiger charge is 2.15. The topological polar surface area (TPSA) is 58.2 Å². The van der Waals surface area contributed by atoms with Gasteiger partial charge in [0, 0.05) is 11.1 Å². The number of fused-ring (bicyclic) bond motifs is 1. The Balaban J connectivity index is 1.65. The van der Waals surface area contributed by atoms with E-state index in [1.54, 1.807) is 24.3 Å². The molecule has 0 saturated heterocycles. The van der Waals surface area contributed by atoms with Crippen molar-refractivity contribution in [2.24, 2.45) is 0 Å². The molecular weight excluding hydrogens is 324 g/mol. The van der Waals surface area contributed by atoms with Crippen LogP contribution in [0.3, 0.4) is 0 Å². The zero-order valence-corrected chi connectivity index (χ0v) is 15.2. The van der Waals surface area contributed by atoms with E-state index in [4.69, 9.17) is 0 Å². The van der Waals surface area contributed by atoms with E-state index in [0.29, 0.717) is 11.1 Å². The maximum atomic E-state index is 12.3. The minimum Gasteiger partial charge on any atom is -0.267 e. The Morgan fingerprint density at radius 1 is 0.692 bits per heavy atom. The van der Waals surface area contributed by atoms with Crippen molar-refractivity contribution in [2.75, 3.05) is 0 Å². The molecule has 0 aliphatic carbocycles. The molecule has 26 heavy (non-hydrogen) atoms. The number of nitrogens with one attached hydrogen (secondary N) is 2. The molecule has 0 radical (unpaired) electrons. The molecule has 0 fully saturated rings. The molecule has 0 saturated carbocycles. The van der Waals surface area contributed by atoms with Crippen LogP contribution in [0.4, 0.5) is 0 Å². The third-order valence-electron chi connectivity index (χ3n) is 4.31. The zero-order valence-electron chi connectivity index (χ0n) is 15.2.